The summed E-state index contributed by atoms with van der Waals surface area (Å²) in [5.41, 5.74) is 1.74. The molecule has 0 bridgehead atoms. The van der Waals surface area contributed by atoms with E-state index < -0.39 is 0 Å². The maximum Gasteiger partial charge on any atom is 0.305 e. The molecular weight excluding hydrogens is 176 g/mol. The highest BCUT2D eigenvalue weighted by atomic mass is 16.5. The fourth-order valence-corrected chi connectivity index (χ4v) is 2.63. The molecular formula is C12H18O2. The molecule has 1 aliphatic heterocycles. The second-order valence-corrected chi connectivity index (χ2v) is 4.88. The van der Waals surface area contributed by atoms with Crippen molar-refractivity contribution in [3.8, 4) is 0 Å². The zero-order valence-corrected chi connectivity index (χ0v) is 9.01. The molecule has 2 aliphatic rings. The number of cyclic esters (lactones) is 1. The molecule has 1 heterocycles. The van der Waals surface area contributed by atoms with Crippen LogP contribution in [0.1, 0.15) is 39.5 Å². The van der Waals surface area contributed by atoms with Gasteiger partial charge in [-0.3, -0.25) is 4.79 Å². The van der Waals surface area contributed by atoms with Gasteiger partial charge >= 0.3 is 5.97 Å². The number of ether oxygens (including phenoxy) is 1. The highest BCUT2D eigenvalue weighted by Gasteiger charge is 2.41. The normalized spacial score (nSPS) is 38.0. The molecule has 2 nitrogen and oxygen atoms in total. The molecule has 0 radical (unpaired) electrons. The van der Waals surface area contributed by atoms with Crippen molar-refractivity contribution in [1.29, 1.82) is 0 Å². The molecule has 78 valence electrons. The van der Waals surface area contributed by atoms with Crippen LogP contribution in [0.25, 0.3) is 0 Å². The van der Waals surface area contributed by atoms with E-state index in [1.807, 2.05) is 0 Å². The van der Waals surface area contributed by atoms with Crippen molar-refractivity contribution in [3.63, 3.8) is 0 Å². The molecule has 1 aliphatic carbocycles. The second-order valence-electron chi connectivity index (χ2n) is 4.88. The van der Waals surface area contributed by atoms with Crippen LogP contribution in [0.2, 0.25) is 0 Å². The van der Waals surface area contributed by atoms with Crippen molar-refractivity contribution in [2.24, 2.45) is 11.3 Å². The third-order valence-corrected chi connectivity index (χ3v) is 3.88. The summed E-state index contributed by atoms with van der Waals surface area (Å²) in [6.45, 7) is 5.12. The van der Waals surface area contributed by atoms with Gasteiger partial charge in [0.1, 0.15) is 0 Å². The van der Waals surface area contributed by atoms with Crippen molar-refractivity contribution in [2.75, 3.05) is 6.61 Å². The smallest absolute Gasteiger partial charge is 0.305 e. The van der Waals surface area contributed by atoms with E-state index >= 15 is 0 Å². The van der Waals surface area contributed by atoms with Crippen LogP contribution < -0.4 is 0 Å². The average Bonchev–Trinajstić information content (AvgIpc) is 2.16. The topological polar surface area (TPSA) is 26.3 Å². The van der Waals surface area contributed by atoms with Gasteiger partial charge in [0.2, 0.25) is 0 Å². The van der Waals surface area contributed by atoms with Crippen LogP contribution in [-0.4, -0.2) is 12.6 Å². The minimum absolute atomic E-state index is 0.0194. The molecule has 0 N–H and O–H groups in total. The number of rotatable bonds is 0. The minimum atomic E-state index is -0.0194. The predicted molar refractivity (Wildman–Crippen MR) is 54.8 cm³/mol. The third kappa shape index (κ3) is 1.58. The first-order valence-corrected chi connectivity index (χ1v) is 5.44. The minimum Gasteiger partial charge on any atom is -0.465 e. The Bertz CT molecular complexity index is 268. The van der Waals surface area contributed by atoms with E-state index in [0.717, 1.165) is 19.3 Å². The molecule has 14 heavy (non-hydrogen) atoms. The Labute approximate surface area is 85.3 Å². The van der Waals surface area contributed by atoms with Crippen LogP contribution in [-0.2, 0) is 9.53 Å². The van der Waals surface area contributed by atoms with E-state index in [1.165, 1.54) is 5.57 Å². The summed E-state index contributed by atoms with van der Waals surface area (Å²) in [7, 11) is 0. The van der Waals surface area contributed by atoms with Crippen molar-refractivity contribution in [1.82, 2.24) is 0 Å². The van der Waals surface area contributed by atoms with Crippen LogP contribution >= 0.6 is 0 Å². The Hall–Kier alpha value is -0.790. The Balaban J connectivity index is 2.12. The van der Waals surface area contributed by atoms with Crippen molar-refractivity contribution >= 4 is 5.97 Å². The fraction of sp³-hybridized carbons (Fsp3) is 0.750. The van der Waals surface area contributed by atoms with Crippen molar-refractivity contribution in [2.45, 2.75) is 39.5 Å². The number of carbonyl (C=O) groups is 1. The summed E-state index contributed by atoms with van der Waals surface area (Å²) < 4.78 is 5.21. The fourth-order valence-electron chi connectivity index (χ4n) is 2.63. The van der Waals surface area contributed by atoms with Crippen LogP contribution in [0.4, 0.5) is 0 Å². The molecule has 1 spiro atoms. The second kappa shape index (κ2) is 3.41. The third-order valence-electron chi connectivity index (χ3n) is 3.88. The van der Waals surface area contributed by atoms with E-state index in [2.05, 4.69) is 19.9 Å². The maximum atomic E-state index is 11.0. The first-order chi connectivity index (χ1) is 6.62. The van der Waals surface area contributed by atoms with Crippen LogP contribution in [0.15, 0.2) is 11.6 Å². The van der Waals surface area contributed by atoms with Gasteiger partial charge in [-0.15, -0.1) is 0 Å². The van der Waals surface area contributed by atoms with E-state index in [4.69, 9.17) is 4.74 Å². The first-order valence-electron chi connectivity index (χ1n) is 5.44. The average molecular weight is 194 g/mol. The van der Waals surface area contributed by atoms with Crippen molar-refractivity contribution < 1.29 is 9.53 Å². The number of esters is 1. The molecule has 2 rings (SSSR count). The zero-order valence-electron chi connectivity index (χ0n) is 9.01. The number of allylic oxidation sites excluding steroid dienone is 2. The number of carbonyl (C=O) groups excluding carboxylic acids is 1. The van der Waals surface area contributed by atoms with Gasteiger partial charge in [-0.2, -0.15) is 0 Å². The van der Waals surface area contributed by atoms with Crippen LogP contribution in [0, 0.1) is 11.3 Å². The van der Waals surface area contributed by atoms with E-state index in [0.29, 0.717) is 18.9 Å². The van der Waals surface area contributed by atoms with E-state index in [-0.39, 0.29) is 11.4 Å². The van der Waals surface area contributed by atoms with Crippen LogP contribution in [0.3, 0.4) is 0 Å². The summed E-state index contributed by atoms with van der Waals surface area (Å²) in [6, 6.07) is 0. The molecule has 0 aromatic heterocycles. The van der Waals surface area contributed by atoms with Gasteiger partial charge in [0, 0.05) is 11.8 Å². The summed E-state index contributed by atoms with van der Waals surface area (Å²) >= 11 is 0. The molecule has 0 saturated carbocycles. The number of hydrogen-bond donors (Lipinski definition) is 0. The lowest BCUT2D eigenvalue weighted by Crippen LogP contribution is -2.40. The monoisotopic (exact) mass is 194 g/mol. The highest BCUT2D eigenvalue weighted by Crippen LogP contribution is 2.45. The largest absolute Gasteiger partial charge is 0.465 e. The summed E-state index contributed by atoms with van der Waals surface area (Å²) in [6.07, 6.45) is 6.19. The van der Waals surface area contributed by atoms with Gasteiger partial charge in [0.05, 0.1) is 6.61 Å². The molecule has 0 aromatic rings. The predicted octanol–water partition coefficient (Wildman–Crippen LogP) is 2.69. The summed E-state index contributed by atoms with van der Waals surface area (Å²) in [5, 5.41) is 0. The van der Waals surface area contributed by atoms with Gasteiger partial charge < -0.3 is 4.74 Å². The Kier molecular flexibility index (Phi) is 2.38. The van der Waals surface area contributed by atoms with Gasteiger partial charge in [0.15, 0.2) is 0 Å². The Morgan fingerprint density at radius 3 is 2.93 bits per heavy atom. The quantitative estimate of drug-likeness (QED) is 0.438. The van der Waals surface area contributed by atoms with E-state index in [9.17, 15) is 4.79 Å². The molecule has 2 atom stereocenters. The molecule has 1 saturated heterocycles. The summed E-state index contributed by atoms with van der Waals surface area (Å²) in [5.74, 6) is 0.634. The molecule has 1 unspecified atom stereocenters. The lowest BCUT2D eigenvalue weighted by molar-refractivity contribution is -0.157. The van der Waals surface area contributed by atoms with Gasteiger partial charge in [0.25, 0.3) is 0 Å². The van der Waals surface area contributed by atoms with Crippen LogP contribution in [0.5, 0.6) is 0 Å². The standard InChI is InChI=1S/C12H18O2/c1-9-3-5-12(10(2)7-9)6-4-11(13)14-8-12/h3,10H,4-8H2,1-2H3/t10-,12?/m1/s1. The van der Waals surface area contributed by atoms with Gasteiger partial charge in [-0.25, -0.2) is 0 Å². The SMILES string of the molecule is CC1=CCC2(CCC(=O)OC2)[C@H](C)C1. The first kappa shape index (κ1) is 9.75. The van der Waals surface area contributed by atoms with Crippen molar-refractivity contribution in [3.05, 3.63) is 11.6 Å². The molecule has 2 heteroatoms. The highest BCUT2D eigenvalue weighted by molar-refractivity contribution is 5.70. The number of hydrogen-bond acceptors (Lipinski definition) is 2. The Morgan fingerprint density at radius 2 is 2.36 bits per heavy atom. The molecule has 1 fully saturated rings. The Morgan fingerprint density at radius 1 is 1.57 bits per heavy atom. The zero-order chi connectivity index (χ0) is 10.2. The van der Waals surface area contributed by atoms with E-state index in [1.54, 1.807) is 0 Å². The van der Waals surface area contributed by atoms with Gasteiger partial charge in [-0.05, 0) is 32.1 Å². The maximum absolute atomic E-state index is 11.0. The molecule has 0 aromatic carbocycles. The lowest BCUT2D eigenvalue weighted by atomic mass is 9.65. The lowest BCUT2D eigenvalue weighted by Gasteiger charge is -2.43. The van der Waals surface area contributed by atoms with Gasteiger partial charge in [-0.1, -0.05) is 18.6 Å². The molecule has 0 amide bonds. The summed E-state index contributed by atoms with van der Waals surface area (Å²) in [4.78, 5) is 11.0.